The lowest BCUT2D eigenvalue weighted by molar-refractivity contribution is -0.384. The van der Waals surface area contributed by atoms with Gasteiger partial charge in [-0.2, -0.15) is 0 Å². The Balaban J connectivity index is 1.63. The van der Waals surface area contributed by atoms with E-state index in [1.807, 2.05) is 31.2 Å². The van der Waals surface area contributed by atoms with E-state index in [2.05, 4.69) is 15.5 Å². The van der Waals surface area contributed by atoms with Gasteiger partial charge in [0.15, 0.2) is 0 Å². The fraction of sp³-hybridized carbons (Fsp3) is 0.118. The van der Waals surface area contributed by atoms with E-state index in [1.165, 1.54) is 0 Å². The van der Waals surface area contributed by atoms with E-state index in [-0.39, 0.29) is 32.4 Å². The number of carbonyl (C=O) groups is 1. The first-order valence-corrected chi connectivity index (χ1v) is 9.54. The zero-order valence-electron chi connectivity index (χ0n) is 14.3. The normalized spacial score (nSPS) is 10.7. The van der Waals surface area contributed by atoms with Gasteiger partial charge in [0.2, 0.25) is 11.8 Å². The van der Waals surface area contributed by atoms with Crippen LogP contribution in [-0.2, 0) is 4.79 Å². The van der Waals surface area contributed by atoms with Crippen LogP contribution in [0.4, 0.5) is 11.4 Å². The van der Waals surface area contributed by atoms with Crippen LogP contribution in [0.15, 0.2) is 46.0 Å². The van der Waals surface area contributed by atoms with Crippen LogP contribution in [0.25, 0.3) is 11.5 Å². The minimum Gasteiger partial charge on any atom is -0.411 e. The van der Waals surface area contributed by atoms with Crippen LogP contribution in [0.3, 0.4) is 0 Å². The molecule has 3 aromatic rings. The van der Waals surface area contributed by atoms with Crippen molar-refractivity contribution in [1.29, 1.82) is 0 Å². The summed E-state index contributed by atoms with van der Waals surface area (Å²) in [6.07, 6.45) is 0. The number of nitro benzene ring substituents is 1. The number of aromatic nitrogens is 2. The lowest BCUT2D eigenvalue weighted by Crippen LogP contribution is -2.14. The topological polar surface area (TPSA) is 111 Å². The minimum atomic E-state index is -0.624. The molecule has 0 aliphatic heterocycles. The van der Waals surface area contributed by atoms with Crippen molar-refractivity contribution in [1.82, 2.24) is 10.2 Å². The van der Waals surface area contributed by atoms with Crippen LogP contribution in [0.2, 0.25) is 10.0 Å². The highest BCUT2D eigenvalue weighted by Gasteiger charge is 2.17. The second-order valence-electron chi connectivity index (χ2n) is 5.62. The fourth-order valence-corrected chi connectivity index (χ4v) is 3.38. The number of nitrogens with zero attached hydrogens (tertiary/aromatic N) is 3. The predicted molar refractivity (Wildman–Crippen MR) is 107 cm³/mol. The summed E-state index contributed by atoms with van der Waals surface area (Å²) < 4.78 is 5.55. The third-order valence-electron chi connectivity index (χ3n) is 3.50. The van der Waals surface area contributed by atoms with Crippen molar-refractivity contribution in [3.8, 4) is 11.5 Å². The quantitative estimate of drug-likeness (QED) is 0.327. The van der Waals surface area contributed by atoms with Crippen LogP contribution < -0.4 is 5.32 Å². The van der Waals surface area contributed by atoms with Gasteiger partial charge in [-0.25, -0.2) is 0 Å². The molecule has 8 nitrogen and oxygen atoms in total. The largest absolute Gasteiger partial charge is 0.411 e. The highest BCUT2D eigenvalue weighted by atomic mass is 35.5. The first-order valence-electron chi connectivity index (χ1n) is 7.80. The van der Waals surface area contributed by atoms with Crippen LogP contribution >= 0.6 is 35.0 Å². The molecule has 2 aromatic carbocycles. The molecule has 28 heavy (non-hydrogen) atoms. The molecule has 11 heteroatoms. The maximum absolute atomic E-state index is 12.2. The Hall–Kier alpha value is -2.62. The molecule has 144 valence electrons. The molecule has 0 fully saturated rings. The molecule has 1 N–H and O–H groups in total. The van der Waals surface area contributed by atoms with Gasteiger partial charge in [0.25, 0.3) is 10.9 Å². The number of nitro groups is 1. The Morgan fingerprint density at radius 1 is 1.25 bits per heavy atom. The molecule has 0 aliphatic rings. The van der Waals surface area contributed by atoms with E-state index in [9.17, 15) is 14.9 Å². The van der Waals surface area contributed by atoms with Crippen LogP contribution in [0, 0.1) is 17.0 Å². The van der Waals surface area contributed by atoms with Gasteiger partial charge in [0.05, 0.1) is 26.4 Å². The summed E-state index contributed by atoms with van der Waals surface area (Å²) in [6, 6.07) is 9.82. The van der Waals surface area contributed by atoms with Gasteiger partial charge in [-0.3, -0.25) is 14.9 Å². The summed E-state index contributed by atoms with van der Waals surface area (Å²) in [7, 11) is 0. The second-order valence-corrected chi connectivity index (χ2v) is 7.36. The standard InChI is InChI=1S/C17H12Cl2N4O4S/c1-9-3-2-4-10(5-9)16-21-22-17(27-16)28-8-14(24)20-15-12(18)6-11(23(25)26)7-13(15)19/h2-7H,8H2,1H3,(H,20,24). The number of anilines is 1. The second kappa shape index (κ2) is 8.59. The first kappa shape index (κ1) is 20.1. The van der Waals surface area contributed by atoms with Crippen LogP contribution in [0.1, 0.15) is 5.56 Å². The molecule has 1 aromatic heterocycles. The van der Waals surface area contributed by atoms with Crippen LogP contribution in [-0.4, -0.2) is 26.8 Å². The Labute approximate surface area is 173 Å². The molecule has 1 heterocycles. The molecule has 0 saturated carbocycles. The number of hydrogen-bond acceptors (Lipinski definition) is 7. The number of non-ortho nitro benzene ring substituents is 1. The van der Waals surface area contributed by atoms with Crippen molar-refractivity contribution in [2.75, 3.05) is 11.1 Å². The van der Waals surface area contributed by atoms with E-state index in [0.717, 1.165) is 35.0 Å². The monoisotopic (exact) mass is 438 g/mol. The number of amides is 1. The minimum absolute atomic E-state index is 0.0305. The Kier molecular flexibility index (Phi) is 6.18. The Morgan fingerprint density at radius 3 is 2.61 bits per heavy atom. The molecular formula is C17H12Cl2N4O4S. The number of halogens is 2. The predicted octanol–water partition coefficient (Wildman–Crippen LogP) is 4.99. The van der Waals surface area contributed by atoms with Crippen molar-refractivity contribution < 1.29 is 14.1 Å². The molecule has 0 saturated heterocycles. The summed E-state index contributed by atoms with van der Waals surface area (Å²) in [6.45, 7) is 1.95. The van der Waals surface area contributed by atoms with E-state index < -0.39 is 10.8 Å². The number of thioether (sulfide) groups is 1. The van der Waals surface area contributed by atoms with Gasteiger partial charge in [0, 0.05) is 17.7 Å². The average Bonchev–Trinajstić information content (AvgIpc) is 3.12. The third-order valence-corrected chi connectivity index (χ3v) is 4.91. The van der Waals surface area contributed by atoms with Crippen molar-refractivity contribution >= 4 is 52.2 Å². The molecule has 0 radical (unpaired) electrons. The SMILES string of the molecule is Cc1cccc(-c2nnc(SCC(=O)Nc3c(Cl)cc([N+](=O)[O-])cc3Cl)o2)c1. The zero-order valence-corrected chi connectivity index (χ0v) is 16.6. The highest BCUT2D eigenvalue weighted by Crippen LogP contribution is 2.35. The van der Waals surface area contributed by atoms with E-state index in [1.54, 1.807) is 0 Å². The summed E-state index contributed by atoms with van der Waals surface area (Å²) in [4.78, 5) is 22.3. The molecule has 0 aliphatic carbocycles. The summed E-state index contributed by atoms with van der Waals surface area (Å²) in [5, 5.41) is 21.4. The number of rotatable bonds is 6. The van der Waals surface area contributed by atoms with E-state index in [4.69, 9.17) is 27.6 Å². The van der Waals surface area contributed by atoms with Gasteiger partial charge < -0.3 is 9.73 Å². The van der Waals surface area contributed by atoms with Gasteiger partial charge in [-0.1, -0.05) is 52.7 Å². The van der Waals surface area contributed by atoms with Crippen molar-refractivity contribution in [2.24, 2.45) is 0 Å². The van der Waals surface area contributed by atoms with Gasteiger partial charge in [-0.15, -0.1) is 10.2 Å². The number of benzene rings is 2. The molecule has 0 spiro atoms. The Morgan fingerprint density at radius 2 is 1.96 bits per heavy atom. The lowest BCUT2D eigenvalue weighted by Gasteiger charge is -2.08. The molecule has 0 unspecified atom stereocenters. The zero-order chi connectivity index (χ0) is 20.3. The van der Waals surface area contributed by atoms with Crippen molar-refractivity contribution in [2.45, 2.75) is 12.1 Å². The van der Waals surface area contributed by atoms with Gasteiger partial charge >= 0.3 is 0 Å². The lowest BCUT2D eigenvalue weighted by atomic mass is 10.1. The average molecular weight is 439 g/mol. The molecule has 1 amide bonds. The number of nitrogens with one attached hydrogen (secondary N) is 1. The first-order chi connectivity index (χ1) is 13.3. The van der Waals surface area contributed by atoms with E-state index >= 15 is 0 Å². The third kappa shape index (κ3) is 4.80. The smallest absolute Gasteiger partial charge is 0.277 e. The van der Waals surface area contributed by atoms with Gasteiger partial charge in [-0.05, 0) is 19.1 Å². The maximum Gasteiger partial charge on any atom is 0.277 e. The molecular weight excluding hydrogens is 427 g/mol. The summed E-state index contributed by atoms with van der Waals surface area (Å²) >= 11 is 13.0. The summed E-state index contributed by atoms with van der Waals surface area (Å²) in [5.74, 6) is -0.120. The maximum atomic E-state index is 12.2. The van der Waals surface area contributed by atoms with E-state index in [0.29, 0.717) is 5.89 Å². The highest BCUT2D eigenvalue weighted by molar-refractivity contribution is 7.99. The van der Waals surface area contributed by atoms with Crippen LogP contribution in [0.5, 0.6) is 0 Å². The van der Waals surface area contributed by atoms with Crippen molar-refractivity contribution in [3.05, 3.63) is 62.1 Å². The Bertz CT molecular complexity index is 1030. The number of carbonyl (C=O) groups excluding carboxylic acids is 1. The number of hydrogen-bond donors (Lipinski definition) is 1. The fourth-order valence-electron chi connectivity index (χ4n) is 2.25. The molecule has 0 bridgehead atoms. The molecule has 0 atom stereocenters. The number of aryl methyl sites for hydroxylation is 1. The van der Waals surface area contributed by atoms with Crippen molar-refractivity contribution in [3.63, 3.8) is 0 Å². The summed E-state index contributed by atoms with van der Waals surface area (Å²) in [5.41, 5.74) is 1.68. The molecule has 3 rings (SSSR count). The van der Waals surface area contributed by atoms with Gasteiger partial charge in [0.1, 0.15) is 0 Å².